The highest BCUT2D eigenvalue weighted by Gasteiger charge is 2.28. The van der Waals surface area contributed by atoms with Crippen molar-refractivity contribution in [3.63, 3.8) is 0 Å². The summed E-state index contributed by atoms with van der Waals surface area (Å²) in [7, 11) is 1.42. The van der Waals surface area contributed by atoms with Crippen molar-refractivity contribution < 1.29 is 32.6 Å². The van der Waals surface area contributed by atoms with Gasteiger partial charge in [0, 0.05) is 20.0 Å². The third-order valence-corrected chi connectivity index (χ3v) is 2.75. The molecule has 0 aliphatic carbocycles. The molecule has 1 aromatic carbocycles. The SMILES string of the molecule is CN(Cc1ccc(OCC(=O)O)cc1)C(=O)CCC(F)(F)F. The van der Waals surface area contributed by atoms with Gasteiger partial charge in [-0.2, -0.15) is 13.2 Å². The molecule has 0 fully saturated rings. The van der Waals surface area contributed by atoms with Gasteiger partial charge in [-0.05, 0) is 17.7 Å². The van der Waals surface area contributed by atoms with E-state index >= 15 is 0 Å². The molecule has 0 aliphatic rings. The van der Waals surface area contributed by atoms with E-state index < -0.39 is 37.5 Å². The molecule has 5 nitrogen and oxygen atoms in total. The van der Waals surface area contributed by atoms with Gasteiger partial charge >= 0.3 is 12.1 Å². The van der Waals surface area contributed by atoms with Crippen molar-refractivity contribution in [3.8, 4) is 5.75 Å². The fourth-order valence-electron chi connectivity index (χ4n) is 1.64. The molecule has 0 bridgehead atoms. The topological polar surface area (TPSA) is 66.8 Å². The number of carboxylic acids is 1. The monoisotopic (exact) mass is 319 g/mol. The average molecular weight is 319 g/mol. The Morgan fingerprint density at radius 1 is 1.23 bits per heavy atom. The molecule has 1 amide bonds. The molecule has 0 saturated carbocycles. The molecular weight excluding hydrogens is 303 g/mol. The van der Waals surface area contributed by atoms with Crippen LogP contribution in [0.5, 0.6) is 5.75 Å². The molecule has 0 radical (unpaired) electrons. The first-order chi connectivity index (χ1) is 10.2. The summed E-state index contributed by atoms with van der Waals surface area (Å²) in [6, 6.07) is 6.30. The van der Waals surface area contributed by atoms with Gasteiger partial charge in [-0.3, -0.25) is 4.79 Å². The van der Waals surface area contributed by atoms with Crippen molar-refractivity contribution in [1.29, 1.82) is 0 Å². The Balaban J connectivity index is 2.48. The number of aliphatic carboxylic acids is 1. The summed E-state index contributed by atoms with van der Waals surface area (Å²) >= 11 is 0. The smallest absolute Gasteiger partial charge is 0.389 e. The lowest BCUT2D eigenvalue weighted by Gasteiger charge is -2.18. The summed E-state index contributed by atoms with van der Waals surface area (Å²) in [5, 5.41) is 8.47. The minimum atomic E-state index is -4.35. The highest BCUT2D eigenvalue weighted by molar-refractivity contribution is 5.75. The van der Waals surface area contributed by atoms with E-state index in [1.54, 1.807) is 12.1 Å². The van der Waals surface area contributed by atoms with E-state index in [-0.39, 0.29) is 6.54 Å². The second kappa shape index (κ2) is 7.67. The quantitative estimate of drug-likeness (QED) is 0.838. The van der Waals surface area contributed by atoms with Gasteiger partial charge in [0.2, 0.25) is 5.91 Å². The van der Waals surface area contributed by atoms with Crippen LogP contribution in [0.15, 0.2) is 24.3 Å². The first-order valence-corrected chi connectivity index (χ1v) is 6.41. The zero-order valence-corrected chi connectivity index (χ0v) is 11.9. The van der Waals surface area contributed by atoms with E-state index in [4.69, 9.17) is 9.84 Å². The first kappa shape index (κ1) is 17.8. The van der Waals surface area contributed by atoms with Crippen molar-refractivity contribution in [2.75, 3.05) is 13.7 Å². The third kappa shape index (κ3) is 6.96. The molecule has 8 heteroatoms. The number of carbonyl (C=O) groups is 2. The van der Waals surface area contributed by atoms with Crippen molar-refractivity contribution in [3.05, 3.63) is 29.8 Å². The Hall–Kier alpha value is -2.25. The second-order valence-electron chi connectivity index (χ2n) is 4.69. The number of rotatable bonds is 7. The Morgan fingerprint density at radius 2 is 1.82 bits per heavy atom. The average Bonchev–Trinajstić information content (AvgIpc) is 2.43. The molecule has 1 aromatic rings. The van der Waals surface area contributed by atoms with Crippen LogP contribution in [0.2, 0.25) is 0 Å². The fraction of sp³-hybridized carbons (Fsp3) is 0.429. The normalized spacial score (nSPS) is 11.1. The van der Waals surface area contributed by atoms with Gasteiger partial charge in [-0.25, -0.2) is 4.79 Å². The van der Waals surface area contributed by atoms with Crippen molar-refractivity contribution in [1.82, 2.24) is 4.90 Å². The Bertz CT molecular complexity index is 514. The maximum atomic E-state index is 12.1. The minimum Gasteiger partial charge on any atom is -0.482 e. The van der Waals surface area contributed by atoms with Crippen LogP contribution in [0.3, 0.4) is 0 Å². The maximum absolute atomic E-state index is 12.1. The number of ether oxygens (including phenoxy) is 1. The van der Waals surface area contributed by atoms with Crippen LogP contribution in [0.1, 0.15) is 18.4 Å². The summed E-state index contributed by atoms with van der Waals surface area (Å²) in [4.78, 5) is 23.1. The molecule has 0 aromatic heterocycles. The van der Waals surface area contributed by atoms with Gasteiger partial charge in [-0.15, -0.1) is 0 Å². The van der Waals surface area contributed by atoms with Gasteiger partial charge in [-0.1, -0.05) is 12.1 Å². The second-order valence-corrected chi connectivity index (χ2v) is 4.69. The van der Waals surface area contributed by atoms with Gasteiger partial charge in [0.25, 0.3) is 0 Å². The molecule has 0 heterocycles. The van der Waals surface area contributed by atoms with Gasteiger partial charge in [0.05, 0.1) is 6.42 Å². The summed E-state index contributed by atoms with van der Waals surface area (Å²) < 4.78 is 41.1. The summed E-state index contributed by atoms with van der Waals surface area (Å²) in [6.07, 6.45) is -6.07. The standard InChI is InChI=1S/C14H16F3NO4/c1-18(12(19)6-7-14(15,16)17)8-10-2-4-11(5-3-10)22-9-13(20)21/h2-5H,6-9H2,1H3,(H,20,21). The molecule has 122 valence electrons. The Morgan fingerprint density at radius 3 is 2.32 bits per heavy atom. The van der Waals surface area contributed by atoms with Gasteiger partial charge < -0.3 is 14.7 Å². The van der Waals surface area contributed by atoms with Gasteiger partial charge in [0.15, 0.2) is 6.61 Å². The largest absolute Gasteiger partial charge is 0.482 e. The van der Waals surface area contributed by atoms with Crippen LogP contribution >= 0.6 is 0 Å². The van der Waals surface area contributed by atoms with Gasteiger partial charge in [0.1, 0.15) is 5.75 Å². The lowest BCUT2D eigenvalue weighted by molar-refractivity contribution is -0.148. The van der Waals surface area contributed by atoms with Crippen molar-refractivity contribution in [2.24, 2.45) is 0 Å². The number of hydrogen-bond acceptors (Lipinski definition) is 3. The van der Waals surface area contributed by atoms with E-state index in [1.807, 2.05) is 0 Å². The number of alkyl halides is 3. The Kier molecular flexibility index (Phi) is 6.21. The van der Waals surface area contributed by atoms with Crippen molar-refractivity contribution in [2.45, 2.75) is 25.6 Å². The van der Waals surface area contributed by atoms with Crippen LogP contribution < -0.4 is 4.74 Å². The number of carboxylic acid groups (broad SMARTS) is 1. The lowest BCUT2D eigenvalue weighted by Crippen LogP contribution is -2.27. The van der Waals surface area contributed by atoms with E-state index in [2.05, 4.69) is 0 Å². The first-order valence-electron chi connectivity index (χ1n) is 6.41. The molecule has 1 N–H and O–H groups in total. The molecular formula is C14H16F3NO4. The zero-order valence-electron chi connectivity index (χ0n) is 11.9. The van der Waals surface area contributed by atoms with Crippen LogP contribution in [-0.4, -0.2) is 41.7 Å². The molecule has 0 atom stereocenters. The van der Waals surface area contributed by atoms with E-state index in [9.17, 15) is 22.8 Å². The van der Waals surface area contributed by atoms with Crippen LogP contribution in [0.25, 0.3) is 0 Å². The van der Waals surface area contributed by atoms with E-state index in [1.165, 1.54) is 24.1 Å². The van der Waals surface area contributed by atoms with E-state index in [0.29, 0.717) is 11.3 Å². The number of hydrogen-bond donors (Lipinski definition) is 1. The van der Waals surface area contributed by atoms with Crippen LogP contribution in [0, 0.1) is 0 Å². The number of benzene rings is 1. The highest BCUT2D eigenvalue weighted by Crippen LogP contribution is 2.22. The fourth-order valence-corrected chi connectivity index (χ4v) is 1.64. The molecule has 1 rings (SSSR count). The maximum Gasteiger partial charge on any atom is 0.389 e. The molecule has 0 saturated heterocycles. The molecule has 22 heavy (non-hydrogen) atoms. The number of nitrogens with zero attached hydrogens (tertiary/aromatic N) is 1. The predicted octanol–water partition coefficient (Wildman–Crippen LogP) is 2.45. The van der Waals surface area contributed by atoms with Crippen molar-refractivity contribution >= 4 is 11.9 Å². The van der Waals surface area contributed by atoms with Crippen LogP contribution in [-0.2, 0) is 16.1 Å². The van der Waals surface area contributed by atoms with E-state index in [0.717, 1.165) is 0 Å². The third-order valence-electron chi connectivity index (χ3n) is 2.75. The minimum absolute atomic E-state index is 0.163. The van der Waals surface area contributed by atoms with Crippen LogP contribution in [0.4, 0.5) is 13.2 Å². The summed E-state index contributed by atoms with van der Waals surface area (Å²) in [5.74, 6) is -1.33. The molecule has 0 aliphatic heterocycles. The molecule has 0 unspecified atom stereocenters. The molecule has 0 spiro atoms. The zero-order chi connectivity index (χ0) is 16.8. The summed E-state index contributed by atoms with van der Waals surface area (Å²) in [5.41, 5.74) is 0.700. The predicted molar refractivity (Wildman–Crippen MR) is 71.3 cm³/mol. The highest BCUT2D eigenvalue weighted by atomic mass is 19.4. The Labute approximate surface area is 125 Å². The number of amides is 1. The summed E-state index contributed by atoms with van der Waals surface area (Å²) in [6.45, 7) is -0.301. The lowest BCUT2D eigenvalue weighted by atomic mass is 10.2. The number of carbonyl (C=O) groups excluding carboxylic acids is 1. The number of halogens is 3.